The molecular formula is C20H38. The summed E-state index contributed by atoms with van der Waals surface area (Å²) in [6.07, 6.45) is 5.62. The Morgan fingerprint density at radius 1 is 0.700 bits per heavy atom. The molecule has 1 saturated carbocycles. The van der Waals surface area contributed by atoms with Gasteiger partial charge in [0.05, 0.1) is 0 Å². The van der Waals surface area contributed by atoms with Gasteiger partial charge in [-0.15, -0.1) is 0 Å². The Labute approximate surface area is 129 Å². The summed E-state index contributed by atoms with van der Waals surface area (Å²) in [6, 6.07) is 9.12. The molecule has 0 heterocycles. The molecule has 0 amide bonds. The summed E-state index contributed by atoms with van der Waals surface area (Å²) in [5, 5.41) is 0. The maximum atomic E-state index is 2.38. The van der Waals surface area contributed by atoms with Gasteiger partial charge >= 0.3 is 0 Å². The van der Waals surface area contributed by atoms with Crippen LogP contribution in [0.3, 0.4) is 0 Å². The van der Waals surface area contributed by atoms with Crippen molar-refractivity contribution in [2.45, 2.75) is 87.0 Å². The van der Waals surface area contributed by atoms with Crippen LogP contribution in [0, 0.1) is 12.8 Å². The summed E-state index contributed by atoms with van der Waals surface area (Å²) < 4.78 is 0. The second-order valence-electron chi connectivity index (χ2n) is 4.87. The van der Waals surface area contributed by atoms with E-state index in [1.54, 1.807) is 5.56 Å². The Kier molecular flexibility index (Phi) is 15.7. The van der Waals surface area contributed by atoms with Gasteiger partial charge in [-0.1, -0.05) is 91.1 Å². The lowest BCUT2D eigenvalue weighted by Gasteiger charge is -2.26. The molecule has 20 heavy (non-hydrogen) atoms. The lowest BCUT2D eigenvalue weighted by Crippen LogP contribution is -2.10. The summed E-state index contributed by atoms with van der Waals surface area (Å²) in [6.45, 7) is 16.5. The van der Waals surface area contributed by atoms with Crippen LogP contribution in [0.2, 0.25) is 0 Å². The van der Waals surface area contributed by atoms with Gasteiger partial charge in [0.1, 0.15) is 0 Å². The molecule has 0 bridgehead atoms. The molecule has 0 saturated heterocycles. The van der Waals surface area contributed by atoms with Crippen LogP contribution in [0.15, 0.2) is 24.3 Å². The Morgan fingerprint density at radius 2 is 1.10 bits per heavy atom. The molecule has 0 heteroatoms. The molecule has 1 aliphatic carbocycles. The van der Waals surface area contributed by atoms with Crippen molar-refractivity contribution >= 4 is 0 Å². The van der Waals surface area contributed by atoms with E-state index in [2.05, 4.69) is 38.1 Å². The van der Waals surface area contributed by atoms with Gasteiger partial charge < -0.3 is 0 Å². The van der Waals surface area contributed by atoms with Crippen LogP contribution in [-0.2, 0) is 0 Å². The van der Waals surface area contributed by atoms with E-state index in [0.29, 0.717) is 0 Å². The average Bonchev–Trinajstić information content (AvgIpc) is 2.55. The second kappa shape index (κ2) is 14.6. The van der Waals surface area contributed by atoms with Crippen molar-refractivity contribution < 1.29 is 0 Å². The van der Waals surface area contributed by atoms with Gasteiger partial charge in [0.25, 0.3) is 0 Å². The van der Waals surface area contributed by atoms with Crippen LogP contribution in [-0.4, -0.2) is 0 Å². The van der Waals surface area contributed by atoms with E-state index in [1.807, 2.05) is 41.5 Å². The fraction of sp³-hybridized carbons (Fsp3) is 0.700. The molecule has 0 aromatic heterocycles. The minimum absolute atomic E-state index is 0.840. The highest BCUT2D eigenvalue weighted by Crippen LogP contribution is 2.35. The quantitative estimate of drug-likeness (QED) is 0.503. The summed E-state index contributed by atoms with van der Waals surface area (Å²) in [5.41, 5.74) is 2.93. The van der Waals surface area contributed by atoms with Crippen LogP contribution in [0.1, 0.15) is 91.2 Å². The largest absolute Gasteiger partial charge is 0.0683 e. The molecule has 1 aromatic rings. The predicted octanol–water partition coefficient (Wildman–Crippen LogP) is 7.37. The van der Waals surface area contributed by atoms with Gasteiger partial charge in [-0.05, 0) is 37.2 Å². The molecule has 0 radical (unpaired) electrons. The molecule has 0 aliphatic heterocycles. The lowest BCUT2D eigenvalue weighted by molar-refractivity contribution is 0.348. The molecule has 0 spiro atoms. The zero-order chi connectivity index (χ0) is 16.0. The van der Waals surface area contributed by atoms with Gasteiger partial charge in [-0.3, -0.25) is 0 Å². The van der Waals surface area contributed by atoms with Crippen molar-refractivity contribution in [3.63, 3.8) is 0 Å². The minimum atomic E-state index is 0.840. The molecule has 0 unspecified atom stereocenters. The Hall–Kier alpha value is -0.780. The van der Waals surface area contributed by atoms with Crippen LogP contribution in [0.4, 0.5) is 0 Å². The summed E-state index contributed by atoms with van der Waals surface area (Å²) in [7, 11) is 0. The Bertz CT molecular complexity index is 275. The molecular weight excluding hydrogens is 240 g/mol. The molecule has 1 fully saturated rings. The molecule has 0 N–H and O–H groups in total. The van der Waals surface area contributed by atoms with Gasteiger partial charge in [0.2, 0.25) is 0 Å². The van der Waals surface area contributed by atoms with Gasteiger partial charge in [0.15, 0.2) is 0 Å². The smallest absolute Gasteiger partial charge is 0.0162 e. The van der Waals surface area contributed by atoms with Crippen molar-refractivity contribution in [3.05, 3.63) is 35.4 Å². The van der Waals surface area contributed by atoms with E-state index < -0.39 is 0 Å². The Morgan fingerprint density at radius 3 is 1.50 bits per heavy atom. The summed E-state index contributed by atoms with van der Waals surface area (Å²) in [4.78, 5) is 0. The lowest BCUT2D eigenvalue weighted by atomic mass is 9.79. The highest BCUT2D eigenvalue weighted by Gasteiger charge is 2.19. The third-order valence-corrected chi connectivity index (χ3v) is 3.56. The fourth-order valence-electron chi connectivity index (χ4n) is 2.43. The van der Waals surface area contributed by atoms with E-state index in [4.69, 9.17) is 0 Å². The molecule has 1 aromatic carbocycles. The van der Waals surface area contributed by atoms with Gasteiger partial charge in [-0.2, -0.15) is 0 Å². The van der Waals surface area contributed by atoms with Crippen LogP contribution in [0.5, 0.6) is 0 Å². The molecule has 0 nitrogen and oxygen atoms in total. The molecule has 1 aliphatic rings. The number of rotatable bonds is 1. The van der Waals surface area contributed by atoms with Crippen molar-refractivity contribution in [1.29, 1.82) is 0 Å². The highest BCUT2D eigenvalue weighted by molar-refractivity contribution is 5.24. The van der Waals surface area contributed by atoms with Crippen LogP contribution < -0.4 is 0 Å². The standard InChI is InChI=1S/C14H20.3C2H6/c1-11-3-7-13(8-4-11)14-9-5-12(2)6-10-14;3*1-2/h3-4,7-8,12,14H,5-6,9-10H2,1-2H3;3*1-2H3. The van der Waals surface area contributed by atoms with E-state index in [1.165, 1.54) is 31.2 Å². The first-order valence-electron chi connectivity index (χ1n) is 8.82. The highest BCUT2D eigenvalue weighted by atomic mass is 14.2. The van der Waals surface area contributed by atoms with E-state index in [0.717, 1.165) is 11.8 Å². The first-order chi connectivity index (χ1) is 9.75. The van der Waals surface area contributed by atoms with Crippen molar-refractivity contribution in [2.75, 3.05) is 0 Å². The van der Waals surface area contributed by atoms with Crippen molar-refractivity contribution in [3.8, 4) is 0 Å². The van der Waals surface area contributed by atoms with Crippen molar-refractivity contribution in [1.82, 2.24) is 0 Å². The van der Waals surface area contributed by atoms with Crippen molar-refractivity contribution in [2.24, 2.45) is 5.92 Å². The maximum Gasteiger partial charge on any atom is -0.0162 e. The molecule has 0 atom stereocenters. The number of aryl methyl sites for hydroxylation is 1. The van der Waals surface area contributed by atoms with Crippen LogP contribution in [0.25, 0.3) is 0 Å². The summed E-state index contributed by atoms with van der Waals surface area (Å²) in [5.74, 6) is 1.79. The van der Waals surface area contributed by atoms with Crippen LogP contribution >= 0.6 is 0 Å². The fourth-order valence-corrected chi connectivity index (χ4v) is 2.43. The van der Waals surface area contributed by atoms with Gasteiger partial charge in [-0.25, -0.2) is 0 Å². The number of hydrogen-bond acceptors (Lipinski definition) is 0. The normalized spacial score (nSPS) is 20.2. The first kappa shape index (κ1) is 21.5. The zero-order valence-corrected chi connectivity index (χ0v) is 15.3. The second-order valence-corrected chi connectivity index (χ2v) is 4.87. The Balaban J connectivity index is 0. The van der Waals surface area contributed by atoms with E-state index >= 15 is 0 Å². The third-order valence-electron chi connectivity index (χ3n) is 3.56. The topological polar surface area (TPSA) is 0 Å². The number of hydrogen-bond donors (Lipinski definition) is 0. The van der Waals surface area contributed by atoms with Gasteiger partial charge in [0, 0.05) is 0 Å². The average molecular weight is 279 g/mol. The maximum absolute atomic E-state index is 2.38. The monoisotopic (exact) mass is 278 g/mol. The molecule has 118 valence electrons. The third kappa shape index (κ3) is 8.40. The zero-order valence-electron chi connectivity index (χ0n) is 15.3. The summed E-state index contributed by atoms with van der Waals surface area (Å²) >= 11 is 0. The van der Waals surface area contributed by atoms with E-state index in [9.17, 15) is 0 Å². The minimum Gasteiger partial charge on any atom is -0.0683 e. The number of benzene rings is 1. The SMILES string of the molecule is CC.CC.CC.Cc1ccc(C2CCC(C)CC2)cc1. The molecule has 2 rings (SSSR count). The first-order valence-corrected chi connectivity index (χ1v) is 8.82. The van der Waals surface area contributed by atoms with E-state index in [-0.39, 0.29) is 0 Å². The predicted molar refractivity (Wildman–Crippen MR) is 95.6 cm³/mol.